The SMILES string of the molecule is CCN(C(=O)COC(=O)c1cccc(C)c1O)C1CCS(=O)(=O)C1. The van der Waals surface area contributed by atoms with Crippen LogP contribution in [0.25, 0.3) is 0 Å². The highest BCUT2D eigenvalue weighted by molar-refractivity contribution is 7.91. The average molecular weight is 355 g/mol. The number of phenols is 1. The number of nitrogens with zero attached hydrogens (tertiary/aromatic N) is 1. The summed E-state index contributed by atoms with van der Waals surface area (Å²) in [7, 11) is -3.10. The molecule has 0 bridgehead atoms. The van der Waals surface area contributed by atoms with Crippen molar-refractivity contribution in [1.82, 2.24) is 4.90 Å². The van der Waals surface area contributed by atoms with E-state index in [1.165, 1.54) is 11.0 Å². The maximum Gasteiger partial charge on any atom is 0.342 e. The molecular weight excluding hydrogens is 334 g/mol. The third-order valence-corrected chi connectivity index (χ3v) is 5.84. The van der Waals surface area contributed by atoms with Crippen LogP contribution in [0.2, 0.25) is 0 Å². The van der Waals surface area contributed by atoms with E-state index in [1.54, 1.807) is 26.0 Å². The minimum atomic E-state index is -3.10. The van der Waals surface area contributed by atoms with Crippen LogP contribution in [0, 0.1) is 6.92 Å². The predicted octanol–water partition coefficient (Wildman–Crippen LogP) is 0.893. The Bertz CT molecular complexity index is 743. The number of likely N-dealkylation sites (N-methyl/N-ethyl adjacent to an activating group) is 1. The van der Waals surface area contributed by atoms with Gasteiger partial charge >= 0.3 is 5.97 Å². The number of rotatable bonds is 5. The summed E-state index contributed by atoms with van der Waals surface area (Å²) in [6, 6.07) is 4.29. The molecule has 0 radical (unpaired) electrons. The lowest BCUT2D eigenvalue weighted by Crippen LogP contribution is -2.43. The number of amides is 1. The lowest BCUT2D eigenvalue weighted by atomic mass is 10.1. The summed E-state index contributed by atoms with van der Waals surface area (Å²) >= 11 is 0. The molecule has 1 aromatic carbocycles. The molecule has 1 fully saturated rings. The van der Waals surface area contributed by atoms with E-state index in [-0.39, 0.29) is 28.9 Å². The number of carbonyl (C=O) groups is 2. The Morgan fingerprint density at radius 3 is 2.67 bits per heavy atom. The molecule has 1 aromatic rings. The van der Waals surface area contributed by atoms with Crippen molar-refractivity contribution < 1.29 is 27.9 Å². The summed E-state index contributed by atoms with van der Waals surface area (Å²) < 4.78 is 28.1. The minimum Gasteiger partial charge on any atom is -0.507 e. The largest absolute Gasteiger partial charge is 0.507 e. The Labute approximate surface area is 141 Å². The van der Waals surface area contributed by atoms with Gasteiger partial charge in [-0.1, -0.05) is 12.1 Å². The number of phenolic OH excluding ortho intramolecular Hbond substituents is 1. The van der Waals surface area contributed by atoms with E-state index in [4.69, 9.17) is 4.74 Å². The van der Waals surface area contributed by atoms with Crippen LogP contribution in [0.15, 0.2) is 18.2 Å². The fourth-order valence-electron chi connectivity index (χ4n) is 2.77. The molecular formula is C16H21NO6S. The van der Waals surface area contributed by atoms with Gasteiger partial charge in [0.1, 0.15) is 11.3 Å². The molecule has 1 aliphatic rings. The normalized spacial score (nSPS) is 19.0. The Morgan fingerprint density at radius 1 is 1.38 bits per heavy atom. The highest BCUT2D eigenvalue weighted by Crippen LogP contribution is 2.22. The molecule has 0 saturated carbocycles. The summed E-state index contributed by atoms with van der Waals surface area (Å²) in [5.74, 6) is -1.40. The zero-order valence-electron chi connectivity index (χ0n) is 13.7. The molecule has 0 aromatic heterocycles. The monoisotopic (exact) mass is 355 g/mol. The summed E-state index contributed by atoms with van der Waals surface area (Å²) in [5.41, 5.74) is 0.524. The van der Waals surface area contributed by atoms with Crippen molar-refractivity contribution in [3.63, 3.8) is 0 Å². The van der Waals surface area contributed by atoms with Crippen LogP contribution in [0.5, 0.6) is 5.75 Å². The maximum absolute atomic E-state index is 12.3. The maximum atomic E-state index is 12.3. The molecule has 0 aliphatic carbocycles. The molecule has 1 amide bonds. The van der Waals surface area contributed by atoms with Gasteiger partial charge in [0, 0.05) is 12.6 Å². The lowest BCUT2D eigenvalue weighted by Gasteiger charge is -2.26. The molecule has 24 heavy (non-hydrogen) atoms. The number of sulfone groups is 1. The number of hydrogen-bond acceptors (Lipinski definition) is 6. The molecule has 2 rings (SSSR count). The van der Waals surface area contributed by atoms with Crippen LogP contribution in [0.3, 0.4) is 0 Å². The number of aryl methyl sites for hydroxylation is 1. The van der Waals surface area contributed by atoms with Crippen molar-refractivity contribution in [3.05, 3.63) is 29.3 Å². The summed E-state index contributed by atoms with van der Waals surface area (Å²) in [4.78, 5) is 25.7. The molecule has 1 saturated heterocycles. The van der Waals surface area contributed by atoms with Crippen molar-refractivity contribution in [1.29, 1.82) is 0 Å². The number of esters is 1. The molecule has 8 heteroatoms. The van der Waals surface area contributed by atoms with Gasteiger partial charge in [-0.05, 0) is 31.9 Å². The van der Waals surface area contributed by atoms with Crippen molar-refractivity contribution in [3.8, 4) is 5.75 Å². The first-order valence-corrected chi connectivity index (χ1v) is 9.53. The highest BCUT2D eigenvalue weighted by atomic mass is 32.2. The quantitative estimate of drug-likeness (QED) is 0.787. The van der Waals surface area contributed by atoms with Gasteiger partial charge in [-0.3, -0.25) is 4.79 Å². The van der Waals surface area contributed by atoms with Gasteiger partial charge in [0.05, 0.1) is 11.5 Å². The lowest BCUT2D eigenvalue weighted by molar-refractivity contribution is -0.136. The van der Waals surface area contributed by atoms with Crippen LogP contribution in [-0.2, 0) is 19.4 Å². The smallest absolute Gasteiger partial charge is 0.342 e. The molecule has 1 atom stereocenters. The van der Waals surface area contributed by atoms with Crippen molar-refractivity contribution in [2.45, 2.75) is 26.3 Å². The number of ether oxygens (including phenoxy) is 1. The van der Waals surface area contributed by atoms with Gasteiger partial charge in [-0.15, -0.1) is 0 Å². The number of aromatic hydroxyl groups is 1. The van der Waals surface area contributed by atoms with E-state index in [0.717, 1.165) is 0 Å². The Morgan fingerprint density at radius 2 is 2.08 bits per heavy atom. The van der Waals surface area contributed by atoms with Crippen molar-refractivity contribution in [2.24, 2.45) is 0 Å². The Hall–Kier alpha value is -2.09. The van der Waals surface area contributed by atoms with Crippen molar-refractivity contribution >= 4 is 21.7 Å². The molecule has 1 heterocycles. The topological polar surface area (TPSA) is 101 Å². The van der Waals surface area contributed by atoms with Crippen LogP contribution in [-0.4, -0.2) is 61.0 Å². The number of carbonyl (C=O) groups excluding carboxylic acids is 2. The zero-order chi connectivity index (χ0) is 17.9. The Balaban J connectivity index is 1.99. The third-order valence-electron chi connectivity index (χ3n) is 4.09. The molecule has 1 N–H and O–H groups in total. The number of hydrogen-bond donors (Lipinski definition) is 1. The second-order valence-electron chi connectivity index (χ2n) is 5.78. The summed E-state index contributed by atoms with van der Waals surface area (Å²) in [6.07, 6.45) is 0.397. The predicted molar refractivity (Wildman–Crippen MR) is 87.6 cm³/mol. The fraction of sp³-hybridized carbons (Fsp3) is 0.500. The first-order chi connectivity index (χ1) is 11.2. The number of para-hydroxylation sites is 1. The van der Waals surface area contributed by atoms with Crippen LogP contribution < -0.4 is 0 Å². The molecule has 1 aliphatic heterocycles. The summed E-state index contributed by atoms with van der Waals surface area (Å²) in [5, 5.41) is 9.86. The first kappa shape index (κ1) is 18.3. The van der Waals surface area contributed by atoms with Crippen molar-refractivity contribution in [2.75, 3.05) is 24.7 Å². The van der Waals surface area contributed by atoms with E-state index >= 15 is 0 Å². The van der Waals surface area contributed by atoms with Crippen LogP contribution in [0.1, 0.15) is 29.3 Å². The minimum absolute atomic E-state index is 0.00528. The first-order valence-electron chi connectivity index (χ1n) is 7.70. The average Bonchev–Trinajstić information content (AvgIpc) is 2.88. The van der Waals surface area contributed by atoms with Gasteiger partial charge < -0.3 is 14.7 Å². The zero-order valence-corrected chi connectivity index (χ0v) is 14.5. The summed E-state index contributed by atoms with van der Waals surface area (Å²) in [6.45, 7) is 3.25. The van der Waals surface area contributed by atoms with Crippen LogP contribution in [0.4, 0.5) is 0 Å². The van der Waals surface area contributed by atoms with Gasteiger partial charge in [0.25, 0.3) is 5.91 Å². The van der Waals surface area contributed by atoms with E-state index in [9.17, 15) is 23.1 Å². The van der Waals surface area contributed by atoms with Gasteiger partial charge in [-0.25, -0.2) is 13.2 Å². The van der Waals surface area contributed by atoms with Gasteiger partial charge in [-0.2, -0.15) is 0 Å². The molecule has 1 unspecified atom stereocenters. The van der Waals surface area contributed by atoms with Crippen LogP contribution >= 0.6 is 0 Å². The molecule has 132 valence electrons. The van der Waals surface area contributed by atoms with Gasteiger partial charge in [0.2, 0.25) is 0 Å². The van der Waals surface area contributed by atoms with E-state index in [1.807, 2.05) is 0 Å². The Kier molecular flexibility index (Phi) is 5.48. The highest BCUT2D eigenvalue weighted by Gasteiger charge is 2.34. The van der Waals surface area contributed by atoms with E-state index in [0.29, 0.717) is 18.5 Å². The van der Waals surface area contributed by atoms with E-state index < -0.39 is 28.3 Å². The number of benzene rings is 1. The second-order valence-corrected chi connectivity index (χ2v) is 8.01. The van der Waals surface area contributed by atoms with Gasteiger partial charge in [0.15, 0.2) is 16.4 Å². The second kappa shape index (κ2) is 7.21. The molecule has 0 spiro atoms. The van der Waals surface area contributed by atoms with E-state index in [2.05, 4.69) is 0 Å². The molecule has 7 nitrogen and oxygen atoms in total. The third kappa shape index (κ3) is 4.05. The fourth-order valence-corrected chi connectivity index (χ4v) is 4.50. The standard InChI is InChI=1S/C16H21NO6S/c1-3-17(12-7-8-24(21,22)10-12)14(18)9-23-16(20)13-6-4-5-11(2)15(13)19/h4-6,12,19H,3,7-10H2,1-2H3.